The SMILES string of the molecule is CC[C@H](C)[C@H](NC(=O)[C@@H](N)Cc1ccc(O)cc1)C(=O)NCC(=O)N[C@@H](CO)C(=O)N[C@@H](CCCN=C(N)N)C(=O)CCC(=O)O[C@H]1C[C@H](n2cc(F)c(=O)[nH]c2=O)O[C@@H]1O. The molecule has 14 N–H and O–H groups in total. The summed E-state index contributed by atoms with van der Waals surface area (Å²) < 4.78 is 24.8. The van der Waals surface area contributed by atoms with E-state index in [1.54, 1.807) is 31.0 Å². The van der Waals surface area contributed by atoms with Gasteiger partial charge in [0, 0.05) is 19.4 Å². The molecule has 4 amide bonds. The Labute approximate surface area is 347 Å². The van der Waals surface area contributed by atoms with Crippen LogP contribution in [-0.2, 0) is 44.7 Å². The van der Waals surface area contributed by atoms with Crippen molar-refractivity contribution >= 4 is 41.3 Å². The van der Waals surface area contributed by atoms with Crippen molar-refractivity contribution in [2.24, 2.45) is 28.1 Å². The number of phenolic OH excluding ortho intramolecular Hbond substituents is 1. The average molecular weight is 865 g/mol. The molecule has 1 aromatic carbocycles. The number of H-pyrrole nitrogens is 1. The number of aromatic amines is 1. The normalized spacial score (nSPS) is 18.4. The fourth-order valence-corrected chi connectivity index (χ4v) is 5.95. The average Bonchev–Trinajstić information content (AvgIpc) is 3.58. The molecule has 1 fully saturated rings. The number of nitrogens with zero attached hydrogens (tertiary/aromatic N) is 2. The number of hydrogen-bond donors (Lipinski definition) is 11. The van der Waals surface area contributed by atoms with Crippen LogP contribution in [-0.4, -0.2) is 122 Å². The Morgan fingerprint density at radius 2 is 1.72 bits per heavy atom. The minimum Gasteiger partial charge on any atom is -0.508 e. The first-order valence-corrected chi connectivity index (χ1v) is 19.3. The third kappa shape index (κ3) is 15.4. The minimum atomic E-state index is -1.75. The number of ketones is 1. The molecule has 0 radical (unpaired) electrons. The molecule has 0 unspecified atom stereocenters. The number of amides is 4. The molecule has 0 saturated carbocycles. The number of aliphatic hydroxyl groups is 2. The molecule has 1 saturated heterocycles. The number of Topliss-reactive ketones (excluding diaryl/α,β-unsaturated/α-hetero) is 1. The van der Waals surface area contributed by atoms with Crippen LogP contribution in [0.3, 0.4) is 0 Å². The first-order valence-electron chi connectivity index (χ1n) is 19.3. The van der Waals surface area contributed by atoms with Gasteiger partial charge in [-0.1, -0.05) is 32.4 Å². The van der Waals surface area contributed by atoms with Crippen LogP contribution in [0.25, 0.3) is 0 Å². The van der Waals surface area contributed by atoms with Gasteiger partial charge in [-0.15, -0.1) is 0 Å². The molecule has 1 aliphatic heterocycles. The van der Waals surface area contributed by atoms with Gasteiger partial charge in [0.15, 0.2) is 24.1 Å². The number of rotatable bonds is 23. The second-order valence-electron chi connectivity index (χ2n) is 14.2. The Balaban J connectivity index is 1.56. The number of hydrogen-bond acceptors (Lipinski definition) is 15. The standard InChI is InChI=1S/C37H53FN10O13/c1-3-18(2)30(46-32(55)22(39)13-19-6-8-20(50)9-7-19)34(57)43-15-27(52)44-24(17-49)33(56)45-23(5-4-12-42-36(40)41)25(51)10-11-29(53)60-26-14-28(61-35(26)58)48-16-21(38)31(54)47-37(48)59/h6-9,16,18,22-24,26,28,30,35,49-50,58H,3-5,10-15,17,39H2,1-2H3,(H,43,57)(H,44,52)(H,45,56)(H,46,55)(H4,40,41,42)(H,47,54,59)/t18-,22-,23-,24-,26-,28+,30-,35-/m0/s1. The number of carbonyl (C=O) groups is 6. The Bertz CT molecular complexity index is 2010. The van der Waals surface area contributed by atoms with Crippen molar-refractivity contribution in [2.45, 2.75) is 102 Å². The van der Waals surface area contributed by atoms with Gasteiger partial charge in [-0.05, 0) is 42.9 Å². The van der Waals surface area contributed by atoms with Gasteiger partial charge in [0.1, 0.15) is 24.1 Å². The van der Waals surface area contributed by atoms with E-state index in [1.807, 2.05) is 0 Å². The number of benzene rings is 1. The molecule has 1 aromatic heterocycles. The lowest BCUT2D eigenvalue weighted by molar-refractivity contribution is -0.173. The minimum absolute atomic E-state index is 0.0401. The van der Waals surface area contributed by atoms with E-state index in [-0.39, 0.29) is 43.9 Å². The third-order valence-electron chi connectivity index (χ3n) is 9.57. The maximum absolute atomic E-state index is 13.8. The number of aromatic nitrogens is 2. The Hall–Kier alpha value is -6.24. The summed E-state index contributed by atoms with van der Waals surface area (Å²) in [5, 5.41) is 39.4. The summed E-state index contributed by atoms with van der Waals surface area (Å²) in [6, 6.07) is 1.06. The van der Waals surface area contributed by atoms with Crippen molar-refractivity contribution in [2.75, 3.05) is 19.7 Å². The van der Waals surface area contributed by atoms with Crippen LogP contribution in [0.15, 0.2) is 45.0 Å². The van der Waals surface area contributed by atoms with Gasteiger partial charge in [-0.3, -0.25) is 48.1 Å². The fourth-order valence-electron chi connectivity index (χ4n) is 5.95. The number of ether oxygens (including phenoxy) is 2. The van der Waals surface area contributed by atoms with Gasteiger partial charge in [-0.25, -0.2) is 4.79 Å². The molecule has 1 aliphatic rings. The van der Waals surface area contributed by atoms with Gasteiger partial charge < -0.3 is 63.3 Å². The molecule has 3 rings (SSSR count). The van der Waals surface area contributed by atoms with E-state index >= 15 is 0 Å². The lowest BCUT2D eigenvalue weighted by Crippen LogP contribution is -2.57. The van der Waals surface area contributed by atoms with Crippen LogP contribution in [0.5, 0.6) is 5.75 Å². The monoisotopic (exact) mass is 864 g/mol. The van der Waals surface area contributed by atoms with E-state index < -0.39 is 127 Å². The lowest BCUT2D eigenvalue weighted by Gasteiger charge is -2.25. The number of aromatic hydroxyl groups is 1. The highest BCUT2D eigenvalue weighted by Crippen LogP contribution is 2.29. The summed E-state index contributed by atoms with van der Waals surface area (Å²) in [4.78, 5) is 107. The van der Waals surface area contributed by atoms with Crippen LogP contribution < -0.4 is 49.7 Å². The van der Waals surface area contributed by atoms with Crippen molar-refractivity contribution < 1.29 is 58.0 Å². The topological polar surface area (TPSA) is 375 Å². The van der Waals surface area contributed by atoms with E-state index in [0.29, 0.717) is 22.7 Å². The van der Waals surface area contributed by atoms with E-state index in [4.69, 9.17) is 26.7 Å². The second kappa shape index (κ2) is 23.5. The smallest absolute Gasteiger partial charge is 0.330 e. The molecule has 0 spiro atoms. The number of esters is 1. The number of carbonyl (C=O) groups excluding carboxylic acids is 6. The van der Waals surface area contributed by atoms with Crippen molar-refractivity contribution in [3.63, 3.8) is 0 Å². The van der Waals surface area contributed by atoms with E-state index in [1.165, 1.54) is 12.1 Å². The zero-order valence-corrected chi connectivity index (χ0v) is 33.5. The summed E-state index contributed by atoms with van der Waals surface area (Å²) in [6.07, 6.45) is -4.52. The molecular formula is C37H53FN10O13. The second-order valence-corrected chi connectivity index (χ2v) is 14.2. The van der Waals surface area contributed by atoms with E-state index in [2.05, 4.69) is 26.3 Å². The van der Waals surface area contributed by atoms with Crippen LogP contribution in [0, 0.1) is 11.7 Å². The highest BCUT2D eigenvalue weighted by atomic mass is 19.1. The van der Waals surface area contributed by atoms with Crippen LogP contribution in [0.1, 0.15) is 64.2 Å². The highest BCUT2D eigenvalue weighted by molar-refractivity contribution is 5.95. The van der Waals surface area contributed by atoms with E-state index in [0.717, 1.165) is 0 Å². The third-order valence-corrected chi connectivity index (χ3v) is 9.57. The predicted octanol–water partition coefficient (Wildman–Crippen LogP) is -3.89. The largest absolute Gasteiger partial charge is 0.508 e. The number of aliphatic imine (C=N–C) groups is 1. The van der Waals surface area contributed by atoms with Gasteiger partial charge in [0.05, 0.1) is 37.9 Å². The summed E-state index contributed by atoms with van der Waals surface area (Å²) in [5.74, 6) is -6.80. The van der Waals surface area contributed by atoms with Crippen molar-refractivity contribution in [1.82, 2.24) is 30.8 Å². The molecule has 23 nitrogen and oxygen atoms in total. The van der Waals surface area contributed by atoms with Crippen LogP contribution in [0.4, 0.5) is 4.39 Å². The number of halogens is 1. The quantitative estimate of drug-likeness (QED) is 0.0220. The zero-order chi connectivity index (χ0) is 45.4. The number of phenols is 1. The first kappa shape index (κ1) is 49.1. The molecular weight excluding hydrogens is 811 g/mol. The molecule has 61 heavy (non-hydrogen) atoms. The summed E-state index contributed by atoms with van der Waals surface area (Å²) >= 11 is 0. The molecule has 24 heteroatoms. The van der Waals surface area contributed by atoms with Gasteiger partial charge in [0.25, 0.3) is 5.56 Å². The van der Waals surface area contributed by atoms with Gasteiger partial charge in [0.2, 0.25) is 29.4 Å². The van der Waals surface area contributed by atoms with Gasteiger partial charge >= 0.3 is 11.7 Å². The van der Waals surface area contributed by atoms with Crippen molar-refractivity contribution in [3.8, 4) is 5.75 Å². The van der Waals surface area contributed by atoms with Crippen LogP contribution in [0.2, 0.25) is 0 Å². The maximum atomic E-state index is 13.8. The van der Waals surface area contributed by atoms with Gasteiger partial charge in [-0.2, -0.15) is 4.39 Å². The Morgan fingerprint density at radius 1 is 1.03 bits per heavy atom. The molecule has 336 valence electrons. The first-order chi connectivity index (χ1) is 28.8. The fraction of sp³-hybridized carbons (Fsp3) is 0.541. The number of aliphatic hydroxyl groups excluding tert-OH is 2. The molecule has 0 aliphatic carbocycles. The Kier molecular flexibility index (Phi) is 18.9. The summed E-state index contributed by atoms with van der Waals surface area (Å²) in [7, 11) is 0. The highest BCUT2D eigenvalue weighted by Gasteiger charge is 2.39. The number of guanidine groups is 1. The lowest BCUT2D eigenvalue weighted by atomic mass is 9.97. The van der Waals surface area contributed by atoms with Crippen molar-refractivity contribution in [3.05, 3.63) is 62.7 Å². The zero-order valence-electron chi connectivity index (χ0n) is 33.5. The predicted molar refractivity (Wildman–Crippen MR) is 211 cm³/mol. The number of nitrogens with two attached hydrogens (primary N) is 3. The number of nitrogens with one attached hydrogen (secondary N) is 5. The molecule has 2 heterocycles. The molecule has 8 atom stereocenters. The van der Waals surface area contributed by atoms with E-state index in [9.17, 15) is 58.1 Å². The van der Waals surface area contributed by atoms with Crippen molar-refractivity contribution in [1.29, 1.82) is 0 Å². The Morgan fingerprint density at radius 3 is 2.36 bits per heavy atom. The van der Waals surface area contributed by atoms with Crippen LogP contribution >= 0.6 is 0 Å². The molecule has 0 bridgehead atoms. The summed E-state index contributed by atoms with van der Waals surface area (Å²) in [5.41, 5.74) is 15.1. The molecule has 2 aromatic rings. The summed E-state index contributed by atoms with van der Waals surface area (Å²) in [6.45, 7) is 1.94. The maximum Gasteiger partial charge on any atom is 0.330 e.